The van der Waals surface area contributed by atoms with Crippen molar-refractivity contribution < 1.29 is 9.90 Å². The SMILES string of the molecule is Cc1ccc(CN(C(=O)CN2CCCC(C(C)O)C2)C2CC2)cc1. The average Bonchev–Trinajstić information content (AvgIpc) is 3.39. The molecule has 0 bridgehead atoms. The van der Waals surface area contributed by atoms with Crippen LogP contribution in [-0.4, -0.2) is 52.6 Å². The van der Waals surface area contributed by atoms with Gasteiger partial charge in [0.1, 0.15) is 0 Å². The molecule has 0 spiro atoms. The molecule has 1 aliphatic carbocycles. The minimum Gasteiger partial charge on any atom is -0.393 e. The molecule has 2 atom stereocenters. The van der Waals surface area contributed by atoms with Crippen LogP contribution in [0.2, 0.25) is 0 Å². The minimum absolute atomic E-state index is 0.240. The van der Waals surface area contributed by atoms with Crippen molar-refractivity contribution in [1.82, 2.24) is 9.80 Å². The number of rotatable bonds is 6. The summed E-state index contributed by atoms with van der Waals surface area (Å²) >= 11 is 0. The number of benzene rings is 1. The summed E-state index contributed by atoms with van der Waals surface area (Å²) in [6.45, 7) is 6.97. The first-order valence-electron chi connectivity index (χ1n) is 9.28. The van der Waals surface area contributed by atoms with E-state index >= 15 is 0 Å². The van der Waals surface area contributed by atoms with Gasteiger partial charge in [0.05, 0.1) is 12.6 Å². The van der Waals surface area contributed by atoms with E-state index in [9.17, 15) is 9.90 Å². The Morgan fingerprint density at radius 1 is 1.29 bits per heavy atom. The van der Waals surface area contributed by atoms with Gasteiger partial charge >= 0.3 is 0 Å². The van der Waals surface area contributed by atoms with E-state index < -0.39 is 0 Å². The molecular weight excluding hydrogens is 300 g/mol. The highest BCUT2D eigenvalue weighted by molar-refractivity contribution is 5.79. The van der Waals surface area contributed by atoms with Gasteiger partial charge < -0.3 is 10.0 Å². The predicted molar refractivity (Wildman–Crippen MR) is 95.6 cm³/mol. The van der Waals surface area contributed by atoms with E-state index in [2.05, 4.69) is 41.0 Å². The van der Waals surface area contributed by atoms with Gasteiger partial charge in [0.2, 0.25) is 5.91 Å². The summed E-state index contributed by atoms with van der Waals surface area (Å²) in [5.41, 5.74) is 2.46. The van der Waals surface area contributed by atoms with E-state index in [1.165, 1.54) is 11.1 Å². The molecule has 4 nitrogen and oxygen atoms in total. The van der Waals surface area contributed by atoms with Crippen molar-refractivity contribution >= 4 is 5.91 Å². The number of piperidine rings is 1. The van der Waals surface area contributed by atoms with Crippen molar-refractivity contribution in [3.05, 3.63) is 35.4 Å². The molecule has 1 saturated heterocycles. The van der Waals surface area contributed by atoms with Crippen molar-refractivity contribution in [3.8, 4) is 0 Å². The Labute approximate surface area is 145 Å². The molecule has 2 fully saturated rings. The highest BCUT2D eigenvalue weighted by atomic mass is 16.3. The van der Waals surface area contributed by atoms with E-state index in [1.54, 1.807) is 0 Å². The largest absolute Gasteiger partial charge is 0.393 e. The zero-order chi connectivity index (χ0) is 17.1. The maximum absolute atomic E-state index is 12.9. The second-order valence-corrected chi connectivity index (χ2v) is 7.62. The van der Waals surface area contributed by atoms with Gasteiger partial charge in [0.15, 0.2) is 0 Å². The lowest BCUT2D eigenvalue weighted by Crippen LogP contribution is -2.46. The van der Waals surface area contributed by atoms with Gasteiger partial charge in [-0.2, -0.15) is 0 Å². The molecule has 2 aliphatic rings. The van der Waals surface area contributed by atoms with Crippen molar-refractivity contribution in [1.29, 1.82) is 0 Å². The lowest BCUT2D eigenvalue weighted by Gasteiger charge is -2.35. The number of hydrogen-bond donors (Lipinski definition) is 1. The lowest BCUT2D eigenvalue weighted by molar-refractivity contribution is -0.134. The van der Waals surface area contributed by atoms with Crippen LogP contribution in [0.3, 0.4) is 0 Å². The van der Waals surface area contributed by atoms with Crippen LogP contribution in [0, 0.1) is 12.8 Å². The highest BCUT2D eigenvalue weighted by Crippen LogP contribution is 2.29. The van der Waals surface area contributed by atoms with Crippen LogP contribution in [0.4, 0.5) is 0 Å². The highest BCUT2D eigenvalue weighted by Gasteiger charge is 2.34. The van der Waals surface area contributed by atoms with E-state index in [0.717, 1.165) is 45.3 Å². The smallest absolute Gasteiger partial charge is 0.237 e. The number of carbonyl (C=O) groups is 1. The summed E-state index contributed by atoms with van der Waals surface area (Å²) in [7, 11) is 0. The van der Waals surface area contributed by atoms with Crippen LogP contribution in [-0.2, 0) is 11.3 Å². The number of aliphatic hydroxyl groups is 1. The average molecular weight is 330 g/mol. The fourth-order valence-corrected chi connectivity index (χ4v) is 3.61. The molecule has 1 N–H and O–H groups in total. The predicted octanol–water partition coefficient (Wildman–Crippen LogP) is 2.58. The summed E-state index contributed by atoms with van der Waals surface area (Å²) in [5, 5.41) is 9.83. The third-order valence-electron chi connectivity index (χ3n) is 5.36. The molecule has 132 valence electrons. The number of likely N-dealkylation sites (tertiary alicyclic amines) is 1. The number of aliphatic hydroxyl groups excluding tert-OH is 1. The molecule has 3 rings (SSSR count). The second kappa shape index (κ2) is 7.66. The molecule has 24 heavy (non-hydrogen) atoms. The molecule has 0 aromatic heterocycles. The Morgan fingerprint density at radius 2 is 2.00 bits per heavy atom. The van der Waals surface area contributed by atoms with Gasteiger partial charge in [-0.25, -0.2) is 0 Å². The van der Waals surface area contributed by atoms with Crippen LogP contribution < -0.4 is 0 Å². The van der Waals surface area contributed by atoms with Gasteiger partial charge in [0.25, 0.3) is 0 Å². The monoisotopic (exact) mass is 330 g/mol. The van der Waals surface area contributed by atoms with Gasteiger partial charge in [-0.05, 0) is 57.6 Å². The first-order chi connectivity index (χ1) is 11.5. The van der Waals surface area contributed by atoms with E-state index in [0.29, 0.717) is 18.5 Å². The number of aryl methyl sites for hydroxylation is 1. The van der Waals surface area contributed by atoms with Crippen molar-refractivity contribution in [2.24, 2.45) is 5.92 Å². The Balaban J connectivity index is 1.59. The summed E-state index contributed by atoms with van der Waals surface area (Å²) in [6.07, 6.45) is 4.12. The molecule has 1 amide bonds. The lowest BCUT2D eigenvalue weighted by atomic mass is 9.93. The summed E-state index contributed by atoms with van der Waals surface area (Å²) in [4.78, 5) is 17.2. The molecule has 4 heteroatoms. The second-order valence-electron chi connectivity index (χ2n) is 7.62. The van der Waals surface area contributed by atoms with E-state index in [1.807, 2.05) is 6.92 Å². The van der Waals surface area contributed by atoms with Crippen molar-refractivity contribution in [2.75, 3.05) is 19.6 Å². The van der Waals surface area contributed by atoms with Crippen LogP contribution in [0.25, 0.3) is 0 Å². The number of amides is 1. The van der Waals surface area contributed by atoms with Crippen LogP contribution >= 0.6 is 0 Å². The van der Waals surface area contributed by atoms with Crippen molar-refractivity contribution in [3.63, 3.8) is 0 Å². The Bertz CT molecular complexity index is 551. The molecule has 1 saturated carbocycles. The standard InChI is InChI=1S/C20H30N2O2/c1-15-5-7-17(8-6-15)12-22(19-9-10-19)20(24)14-21-11-3-4-18(13-21)16(2)23/h5-8,16,18-19,23H,3-4,9-14H2,1-2H3. The number of carbonyl (C=O) groups excluding carboxylic acids is 1. The maximum Gasteiger partial charge on any atom is 0.237 e. The molecule has 1 aliphatic heterocycles. The van der Waals surface area contributed by atoms with Crippen LogP contribution in [0.15, 0.2) is 24.3 Å². The van der Waals surface area contributed by atoms with Crippen LogP contribution in [0.1, 0.15) is 43.7 Å². The Kier molecular flexibility index (Phi) is 5.57. The molecule has 1 heterocycles. The van der Waals surface area contributed by atoms with Crippen molar-refractivity contribution in [2.45, 2.75) is 58.2 Å². The quantitative estimate of drug-likeness (QED) is 0.872. The van der Waals surface area contributed by atoms with E-state index in [4.69, 9.17) is 0 Å². The third kappa shape index (κ3) is 4.58. The number of hydrogen-bond acceptors (Lipinski definition) is 3. The topological polar surface area (TPSA) is 43.8 Å². The van der Waals surface area contributed by atoms with E-state index in [-0.39, 0.29) is 12.0 Å². The fraction of sp³-hybridized carbons (Fsp3) is 0.650. The van der Waals surface area contributed by atoms with Gasteiger partial charge in [-0.3, -0.25) is 9.69 Å². The Hall–Kier alpha value is -1.39. The molecule has 0 radical (unpaired) electrons. The van der Waals surface area contributed by atoms with Gasteiger partial charge in [-0.15, -0.1) is 0 Å². The molecule has 1 aromatic carbocycles. The van der Waals surface area contributed by atoms with Gasteiger partial charge in [-0.1, -0.05) is 29.8 Å². The zero-order valence-corrected chi connectivity index (χ0v) is 14.9. The normalized spacial score (nSPS) is 23.0. The first kappa shape index (κ1) is 17.4. The summed E-state index contributed by atoms with van der Waals surface area (Å²) in [5.74, 6) is 0.544. The third-order valence-corrected chi connectivity index (χ3v) is 5.36. The molecule has 2 unspecified atom stereocenters. The molecular formula is C20H30N2O2. The molecule has 1 aromatic rings. The van der Waals surface area contributed by atoms with Crippen LogP contribution in [0.5, 0.6) is 0 Å². The number of nitrogens with zero attached hydrogens (tertiary/aromatic N) is 2. The summed E-state index contributed by atoms with van der Waals surface area (Å²) in [6, 6.07) is 8.91. The zero-order valence-electron chi connectivity index (χ0n) is 14.9. The van der Waals surface area contributed by atoms with Gasteiger partial charge in [0, 0.05) is 19.1 Å². The fourth-order valence-electron chi connectivity index (χ4n) is 3.61. The Morgan fingerprint density at radius 3 is 2.62 bits per heavy atom. The summed E-state index contributed by atoms with van der Waals surface area (Å²) < 4.78 is 0. The first-order valence-corrected chi connectivity index (χ1v) is 9.28. The minimum atomic E-state index is -0.282. The maximum atomic E-state index is 12.9.